The van der Waals surface area contributed by atoms with Crippen LogP contribution in [0.4, 0.5) is 16.2 Å². The van der Waals surface area contributed by atoms with Gasteiger partial charge < -0.3 is 0 Å². The van der Waals surface area contributed by atoms with Crippen molar-refractivity contribution in [2.45, 2.75) is 11.8 Å². The standard InChI is InChI=1S/C21H19AsN4O3S/c1-15-19(22)8-5-9-20(15)24-21(27)26(17-12-10-16(14-23)11-13-17)25-30(28,29)18-6-3-2-4-7-18/h2-13,25H,22H2,1H3,(H,24,27). The SMILES string of the molecule is Cc1c([AsH2])cccc1NC(=O)N(NS(=O)(=O)c1ccccc1)c1ccc(C#N)cc1. The summed E-state index contributed by atoms with van der Waals surface area (Å²) in [4.78, 5) is 15.4. The number of benzene rings is 3. The zero-order valence-electron chi connectivity index (χ0n) is 16.0. The molecule has 0 saturated heterocycles. The van der Waals surface area contributed by atoms with Crippen molar-refractivity contribution in [1.82, 2.24) is 4.83 Å². The third-order valence-electron chi connectivity index (χ3n) is 4.34. The normalized spacial score (nSPS) is 10.8. The van der Waals surface area contributed by atoms with Gasteiger partial charge in [0.1, 0.15) is 0 Å². The van der Waals surface area contributed by atoms with Gasteiger partial charge in [-0.2, -0.15) is 0 Å². The number of hydrazine groups is 1. The van der Waals surface area contributed by atoms with E-state index < -0.39 is 16.1 Å². The molecule has 3 aromatic carbocycles. The van der Waals surface area contributed by atoms with Crippen LogP contribution in [-0.2, 0) is 10.0 Å². The molecule has 152 valence electrons. The average molecular weight is 482 g/mol. The van der Waals surface area contributed by atoms with E-state index in [1.54, 1.807) is 24.3 Å². The van der Waals surface area contributed by atoms with Crippen molar-refractivity contribution in [2.75, 3.05) is 10.3 Å². The van der Waals surface area contributed by atoms with Gasteiger partial charge in [-0.25, -0.2) is 0 Å². The molecule has 0 heterocycles. The second kappa shape index (κ2) is 9.14. The Kier molecular flexibility index (Phi) is 6.58. The number of urea groups is 1. The summed E-state index contributed by atoms with van der Waals surface area (Å²) in [6, 6.07) is 20.6. The van der Waals surface area contributed by atoms with Crippen LogP contribution in [0.25, 0.3) is 0 Å². The van der Waals surface area contributed by atoms with Gasteiger partial charge in [-0.3, -0.25) is 0 Å². The molecule has 1 atom stereocenters. The van der Waals surface area contributed by atoms with E-state index >= 15 is 0 Å². The van der Waals surface area contributed by atoms with Crippen LogP contribution < -0.4 is 19.5 Å². The van der Waals surface area contributed by atoms with Crippen LogP contribution in [0.2, 0.25) is 0 Å². The number of carbonyl (C=O) groups is 1. The predicted molar refractivity (Wildman–Crippen MR) is 119 cm³/mol. The molecule has 0 aliphatic rings. The fourth-order valence-corrected chi connectivity index (χ4v) is 4.24. The van der Waals surface area contributed by atoms with Gasteiger partial charge in [0.15, 0.2) is 0 Å². The molecule has 1 unspecified atom stereocenters. The summed E-state index contributed by atoms with van der Waals surface area (Å²) in [6.45, 7) is 1.88. The molecular formula is C21H19AsN4O3S. The van der Waals surface area contributed by atoms with E-state index in [4.69, 9.17) is 5.26 Å². The van der Waals surface area contributed by atoms with Crippen molar-refractivity contribution in [2.24, 2.45) is 0 Å². The zero-order valence-corrected chi connectivity index (χ0v) is 19.3. The Morgan fingerprint density at radius 1 is 1.00 bits per heavy atom. The van der Waals surface area contributed by atoms with Gasteiger partial charge >= 0.3 is 184 Å². The minimum absolute atomic E-state index is 0.0193. The summed E-state index contributed by atoms with van der Waals surface area (Å²) < 4.78 is 26.7. The van der Waals surface area contributed by atoms with Crippen molar-refractivity contribution in [1.29, 1.82) is 5.26 Å². The molecule has 3 rings (SSSR count). The molecule has 3 aromatic rings. The maximum atomic E-state index is 13.1. The van der Waals surface area contributed by atoms with Gasteiger partial charge in [0, 0.05) is 0 Å². The van der Waals surface area contributed by atoms with Crippen molar-refractivity contribution in [3.05, 3.63) is 83.9 Å². The zero-order chi connectivity index (χ0) is 21.7. The Morgan fingerprint density at radius 3 is 2.30 bits per heavy atom. The summed E-state index contributed by atoms with van der Waals surface area (Å²) >= 11 is 1.42. The van der Waals surface area contributed by atoms with Crippen LogP contribution in [0, 0.1) is 18.3 Å². The van der Waals surface area contributed by atoms with Crippen molar-refractivity contribution >= 4 is 48.6 Å². The van der Waals surface area contributed by atoms with Crippen LogP contribution in [-0.4, -0.2) is 31.3 Å². The molecule has 2 N–H and O–H groups in total. The third-order valence-corrected chi connectivity index (χ3v) is 6.97. The molecule has 0 bridgehead atoms. The number of nitrogens with zero attached hydrogens (tertiary/aromatic N) is 2. The first-order valence-electron chi connectivity index (χ1n) is 8.85. The van der Waals surface area contributed by atoms with Gasteiger partial charge in [0.2, 0.25) is 0 Å². The van der Waals surface area contributed by atoms with E-state index in [0.717, 1.165) is 14.9 Å². The number of hydrogen-bond donors (Lipinski definition) is 2. The molecule has 0 radical (unpaired) electrons. The molecule has 2 amide bonds. The number of amides is 2. The Hall–Kier alpha value is -3.11. The van der Waals surface area contributed by atoms with E-state index in [1.807, 2.05) is 25.1 Å². The van der Waals surface area contributed by atoms with E-state index in [-0.39, 0.29) is 10.6 Å². The first kappa shape index (κ1) is 21.6. The first-order valence-corrected chi connectivity index (χ1v) is 11.5. The van der Waals surface area contributed by atoms with Gasteiger partial charge in [-0.15, -0.1) is 0 Å². The average Bonchev–Trinajstić information content (AvgIpc) is 2.76. The van der Waals surface area contributed by atoms with Crippen molar-refractivity contribution in [3.8, 4) is 6.07 Å². The fraction of sp³-hybridized carbons (Fsp3) is 0.0476. The fourth-order valence-electron chi connectivity index (χ4n) is 2.63. The van der Waals surface area contributed by atoms with Crippen LogP contribution >= 0.6 is 0 Å². The van der Waals surface area contributed by atoms with Crippen LogP contribution in [0.15, 0.2) is 77.7 Å². The van der Waals surface area contributed by atoms with E-state index in [2.05, 4.69) is 10.1 Å². The Balaban J connectivity index is 1.97. The monoisotopic (exact) mass is 482 g/mol. The number of carbonyl (C=O) groups excluding carboxylic acids is 1. The summed E-state index contributed by atoms with van der Waals surface area (Å²) in [5.74, 6) is 0. The van der Waals surface area contributed by atoms with E-state index in [0.29, 0.717) is 11.3 Å². The third kappa shape index (κ3) is 4.89. The van der Waals surface area contributed by atoms with E-state index in [9.17, 15) is 13.2 Å². The number of nitrogens with one attached hydrogen (secondary N) is 2. The quantitative estimate of drug-likeness (QED) is 0.429. The molecule has 9 heteroatoms. The summed E-state index contributed by atoms with van der Waals surface area (Å²) in [6.07, 6.45) is 0. The maximum absolute atomic E-state index is 13.1. The summed E-state index contributed by atoms with van der Waals surface area (Å²) in [7, 11) is -4.03. The Labute approximate surface area is 183 Å². The second-order valence-corrected chi connectivity index (χ2v) is 9.32. The van der Waals surface area contributed by atoms with Crippen molar-refractivity contribution < 1.29 is 13.2 Å². The number of rotatable bonds is 5. The predicted octanol–water partition coefficient (Wildman–Crippen LogP) is 2.06. The molecule has 0 aromatic heterocycles. The van der Waals surface area contributed by atoms with Gasteiger partial charge in [-0.1, -0.05) is 0 Å². The summed E-state index contributed by atoms with van der Waals surface area (Å²) in [5.41, 5.74) is 2.14. The number of nitriles is 1. The van der Waals surface area contributed by atoms with Crippen LogP contribution in [0.3, 0.4) is 0 Å². The van der Waals surface area contributed by atoms with Crippen LogP contribution in [0.1, 0.15) is 11.1 Å². The number of sulfonamides is 1. The summed E-state index contributed by atoms with van der Waals surface area (Å²) in [5, 5.41) is 12.7. The van der Waals surface area contributed by atoms with Crippen LogP contribution in [0.5, 0.6) is 0 Å². The minimum atomic E-state index is -4.03. The van der Waals surface area contributed by atoms with Gasteiger partial charge in [0.25, 0.3) is 0 Å². The molecule has 0 saturated carbocycles. The molecule has 0 aliphatic heterocycles. The van der Waals surface area contributed by atoms with E-state index in [1.165, 1.54) is 53.3 Å². The molecule has 30 heavy (non-hydrogen) atoms. The molecule has 0 fully saturated rings. The Morgan fingerprint density at radius 2 is 1.67 bits per heavy atom. The van der Waals surface area contributed by atoms with Gasteiger partial charge in [0.05, 0.1) is 0 Å². The number of anilines is 2. The molecule has 0 aliphatic carbocycles. The van der Waals surface area contributed by atoms with Crippen molar-refractivity contribution in [3.63, 3.8) is 0 Å². The second-order valence-electron chi connectivity index (χ2n) is 6.35. The topological polar surface area (TPSA) is 102 Å². The Bertz CT molecular complexity index is 1210. The van der Waals surface area contributed by atoms with Gasteiger partial charge in [-0.05, 0) is 0 Å². The molecular weight excluding hydrogens is 463 g/mol. The molecule has 7 nitrogen and oxygen atoms in total. The first-order chi connectivity index (χ1) is 14.3. The molecule has 0 spiro atoms. The number of hydrogen-bond acceptors (Lipinski definition) is 4.